The van der Waals surface area contributed by atoms with Crippen LogP contribution in [0.2, 0.25) is 0 Å². The molecule has 0 radical (unpaired) electrons. The number of anilines is 1. The van der Waals surface area contributed by atoms with Crippen LogP contribution < -0.4 is 10.5 Å². The maximum absolute atomic E-state index is 13.3. The van der Waals surface area contributed by atoms with Gasteiger partial charge in [-0.15, -0.1) is 11.3 Å². The third-order valence-electron chi connectivity index (χ3n) is 4.81. The van der Waals surface area contributed by atoms with Crippen LogP contribution in [0.3, 0.4) is 0 Å². The van der Waals surface area contributed by atoms with Gasteiger partial charge in [0, 0.05) is 11.4 Å². The Morgan fingerprint density at radius 1 is 1.39 bits per heavy atom. The lowest BCUT2D eigenvalue weighted by Crippen LogP contribution is -2.48. The molecule has 3 rings (SSSR count). The van der Waals surface area contributed by atoms with Crippen molar-refractivity contribution in [3.8, 4) is 0 Å². The summed E-state index contributed by atoms with van der Waals surface area (Å²) < 4.78 is 75.4. The molecule has 1 saturated heterocycles. The van der Waals surface area contributed by atoms with E-state index in [0.717, 1.165) is 11.3 Å². The van der Waals surface area contributed by atoms with E-state index in [9.17, 15) is 30.8 Å². The number of thiazole rings is 1. The van der Waals surface area contributed by atoms with E-state index in [-0.39, 0.29) is 23.5 Å². The first-order chi connectivity index (χ1) is 12.9. The number of nitrogens with zero attached hydrogens (tertiary/aromatic N) is 2. The van der Waals surface area contributed by atoms with Gasteiger partial charge in [0.15, 0.2) is 10.9 Å². The van der Waals surface area contributed by atoms with Crippen molar-refractivity contribution in [1.82, 2.24) is 9.88 Å². The lowest BCUT2D eigenvalue weighted by molar-refractivity contribution is -0.133. The Balaban J connectivity index is 1.65. The SMILES string of the molecule is N[C@H](C(=O)N1CC[C@H](F)C1)C1CCc2nc(NS(=O)(=O)CC(F)(F)F)sc2C1. The zero-order chi connectivity index (χ0) is 20.7. The van der Waals surface area contributed by atoms with E-state index in [1.165, 1.54) is 4.90 Å². The average Bonchev–Trinajstić information content (AvgIpc) is 3.15. The molecule has 3 N–H and O–H groups in total. The van der Waals surface area contributed by atoms with Gasteiger partial charge in [0.05, 0.1) is 18.3 Å². The number of hydrogen-bond acceptors (Lipinski definition) is 6. The Labute approximate surface area is 163 Å². The second kappa shape index (κ2) is 7.75. The van der Waals surface area contributed by atoms with Crippen molar-refractivity contribution >= 4 is 32.4 Å². The van der Waals surface area contributed by atoms with Crippen LogP contribution in [0.15, 0.2) is 0 Å². The molecule has 13 heteroatoms. The van der Waals surface area contributed by atoms with Crippen LogP contribution in [0.25, 0.3) is 0 Å². The van der Waals surface area contributed by atoms with Crippen LogP contribution in [0, 0.1) is 5.92 Å². The number of carbonyl (C=O) groups is 1. The molecule has 7 nitrogen and oxygen atoms in total. The van der Waals surface area contributed by atoms with Gasteiger partial charge >= 0.3 is 6.18 Å². The van der Waals surface area contributed by atoms with Crippen molar-refractivity contribution in [2.75, 3.05) is 23.6 Å². The molecule has 1 amide bonds. The summed E-state index contributed by atoms with van der Waals surface area (Å²) in [5, 5.41) is -0.130. The topological polar surface area (TPSA) is 105 Å². The number of carbonyl (C=O) groups excluding carboxylic acids is 1. The minimum Gasteiger partial charge on any atom is -0.338 e. The van der Waals surface area contributed by atoms with Gasteiger partial charge in [-0.25, -0.2) is 17.8 Å². The largest absolute Gasteiger partial charge is 0.404 e. The second-order valence-corrected chi connectivity index (χ2v) is 9.87. The number of hydrogen-bond donors (Lipinski definition) is 2. The van der Waals surface area contributed by atoms with Gasteiger partial charge in [-0.3, -0.25) is 9.52 Å². The lowest BCUT2D eigenvalue weighted by atomic mass is 9.85. The third kappa shape index (κ3) is 5.11. The predicted molar refractivity (Wildman–Crippen MR) is 95.2 cm³/mol. The van der Waals surface area contributed by atoms with Crippen LogP contribution in [0.4, 0.5) is 22.7 Å². The van der Waals surface area contributed by atoms with Gasteiger partial charge in [0.25, 0.3) is 0 Å². The van der Waals surface area contributed by atoms with Gasteiger partial charge in [-0.05, 0) is 31.6 Å². The summed E-state index contributed by atoms with van der Waals surface area (Å²) in [6, 6.07) is -0.814. The number of nitrogens with two attached hydrogens (primary N) is 1. The van der Waals surface area contributed by atoms with Crippen LogP contribution in [-0.2, 0) is 27.7 Å². The standard InChI is InChI=1S/C15H20F4N4O3S2/c16-9-3-4-23(6-9)13(24)12(20)8-1-2-10-11(5-8)27-14(21-10)22-28(25,26)7-15(17,18)19/h8-9,12H,1-7,20H2,(H,21,22)/t8?,9-,12-/m0/s1. The number of sulfonamides is 1. The van der Waals surface area contributed by atoms with E-state index in [1.807, 2.05) is 4.72 Å². The molecule has 0 saturated carbocycles. The number of rotatable bonds is 5. The Kier molecular flexibility index (Phi) is 5.88. The smallest absolute Gasteiger partial charge is 0.338 e. The van der Waals surface area contributed by atoms with E-state index in [2.05, 4.69) is 4.98 Å². The quantitative estimate of drug-likeness (QED) is 0.669. The summed E-state index contributed by atoms with van der Waals surface area (Å²) >= 11 is 0.945. The Morgan fingerprint density at radius 3 is 2.71 bits per heavy atom. The minimum absolute atomic E-state index is 0.0379. The molecule has 2 heterocycles. The number of aromatic nitrogens is 1. The first-order valence-corrected chi connectivity index (χ1v) is 11.1. The van der Waals surface area contributed by atoms with Crippen LogP contribution in [0.1, 0.15) is 23.4 Å². The lowest BCUT2D eigenvalue weighted by Gasteiger charge is -2.29. The molecule has 158 valence electrons. The summed E-state index contributed by atoms with van der Waals surface area (Å²) in [5.74, 6) is -2.53. The van der Waals surface area contributed by atoms with Crippen molar-refractivity contribution in [3.63, 3.8) is 0 Å². The highest BCUT2D eigenvalue weighted by molar-refractivity contribution is 7.92. The Morgan fingerprint density at radius 2 is 2.11 bits per heavy atom. The molecule has 0 aromatic carbocycles. The van der Waals surface area contributed by atoms with E-state index in [4.69, 9.17) is 5.73 Å². The normalized spacial score (nSPS) is 24.1. The summed E-state index contributed by atoms with van der Waals surface area (Å²) in [5.41, 5.74) is 6.68. The number of halogens is 4. The van der Waals surface area contributed by atoms with E-state index in [1.54, 1.807) is 0 Å². The fraction of sp³-hybridized carbons (Fsp3) is 0.733. The molecule has 1 unspecified atom stereocenters. The molecule has 0 spiro atoms. The number of likely N-dealkylation sites (tertiary alicyclic amines) is 1. The van der Waals surface area contributed by atoms with Crippen molar-refractivity contribution in [3.05, 3.63) is 10.6 Å². The predicted octanol–water partition coefficient (Wildman–Crippen LogP) is 1.45. The number of amides is 1. The number of fused-ring (bicyclic) bond motifs is 1. The van der Waals surface area contributed by atoms with Gasteiger partial charge < -0.3 is 10.6 Å². The molecular formula is C15H20F4N4O3S2. The maximum Gasteiger partial charge on any atom is 0.404 e. The minimum atomic E-state index is -4.85. The number of aryl methyl sites for hydroxylation is 1. The van der Waals surface area contributed by atoms with Gasteiger partial charge in [0.1, 0.15) is 6.17 Å². The third-order valence-corrected chi connectivity index (χ3v) is 7.19. The summed E-state index contributed by atoms with van der Waals surface area (Å²) in [6.45, 7) is 0.369. The maximum atomic E-state index is 13.3. The molecule has 1 aromatic rings. The zero-order valence-corrected chi connectivity index (χ0v) is 16.3. The molecular weight excluding hydrogens is 424 g/mol. The fourth-order valence-electron chi connectivity index (χ4n) is 3.47. The highest BCUT2D eigenvalue weighted by Crippen LogP contribution is 2.34. The molecule has 28 heavy (non-hydrogen) atoms. The van der Waals surface area contributed by atoms with Crippen molar-refractivity contribution in [2.24, 2.45) is 11.7 Å². The average molecular weight is 444 g/mol. The molecule has 1 fully saturated rings. The van der Waals surface area contributed by atoms with Gasteiger partial charge in [-0.2, -0.15) is 13.2 Å². The first-order valence-electron chi connectivity index (χ1n) is 8.68. The van der Waals surface area contributed by atoms with Gasteiger partial charge in [-0.1, -0.05) is 0 Å². The molecule has 1 aliphatic carbocycles. The van der Waals surface area contributed by atoms with Gasteiger partial charge in [0.2, 0.25) is 15.9 Å². The zero-order valence-electron chi connectivity index (χ0n) is 14.7. The van der Waals surface area contributed by atoms with E-state index < -0.39 is 34.2 Å². The van der Waals surface area contributed by atoms with E-state index in [0.29, 0.717) is 42.8 Å². The summed E-state index contributed by atoms with van der Waals surface area (Å²) in [4.78, 5) is 18.6. The summed E-state index contributed by atoms with van der Waals surface area (Å²) in [6.07, 6.45) is -4.26. The molecule has 3 atom stereocenters. The van der Waals surface area contributed by atoms with E-state index >= 15 is 0 Å². The molecule has 0 bridgehead atoms. The molecule has 1 aliphatic heterocycles. The first kappa shape index (κ1) is 21.2. The fourth-order valence-corrected chi connectivity index (χ4v) is 5.78. The number of alkyl halides is 4. The highest BCUT2D eigenvalue weighted by atomic mass is 32.2. The van der Waals surface area contributed by atoms with Crippen molar-refractivity contribution < 1.29 is 30.8 Å². The van der Waals surface area contributed by atoms with Crippen LogP contribution in [-0.4, -0.2) is 61.4 Å². The molecule has 2 aliphatic rings. The second-order valence-electron chi connectivity index (χ2n) is 7.06. The summed E-state index contributed by atoms with van der Waals surface area (Å²) in [7, 11) is -4.60. The van der Waals surface area contributed by atoms with Crippen LogP contribution >= 0.6 is 11.3 Å². The highest BCUT2D eigenvalue weighted by Gasteiger charge is 2.37. The monoisotopic (exact) mass is 444 g/mol. The number of nitrogens with one attached hydrogen (secondary N) is 1. The Hall–Kier alpha value is -1.47. The van der Waals surface area contributed by atoms with Crippen LogP contribution in [0.5, 0.6) is 0 Å². The Bertz CT molecular complexity index is 843. The van der Waals surface area contributed by atoms with Crippen molar-refractivity contribution in [1.29, 1.82) is 0 Å². The van der Waals surface area contributed by atoms with Crippen molar-refractivity contribution in [2.45, 2.75) is 44.1 Å². The molecule has 1 aromatic heterocycles.